The van der Waals surface area contributed by atoms with E-state index in [0.717, 1.165) is 22.8 Å². The van der Waals surface area contributed by atoms with Crippen molar-refractivity contribution in [3.8, 4) is 11.3 Å². The SMILES string of the molecule is O=C1OCCC1Sc1ncc(-c2ccc(Cl)cc2)n1Cc1ccccc1. The van der Waals surface area contributed by atoms with Gasteiger partial charge in [-0.2, -0.15) is 0 Å². The number of esters is 1. The molecule has 132 valence electrons. The normalized spacial score (nSPS) is 16.7. The topological polar surface area (TPSA) is 44.1 Å². The summed E-state index contributed by atoms with van der Waals surface area (Å²) in [5.74, 6) is -0.155. The predicted octanol–water partition coefficient (Wildman–Crippen LogP) is 4.66. The van der Waals surface area contributed by atoms with Gasteiger partial charge in [-0.15, -0.1) is 0 Å². The van der Waals surface area contributed by atoms with E-state index in [1.54, 1.807) is 0 Å². The first-order valence-corrected chi connectivity index (χ1v) is 9.65. The van der Waals surface area contributed by atoms with Gasteiger partial charge in [0, 0.05) is 11.4 Å². The lowest BCUT2D eigenvalue weighted by atomic mass is 10.1. The third-order valence-corrected chi connectivity index (χ3v) is 5.78. The van der Waals surface area contributed by atoms with Gasteiger partial charge in [0.2, 0.25) is 0 Å². The summed E-state index contributed by atoms with van der Waals surface area (Å²) in [6, 6.07) is 17.9. The summed E-state index contributed by atoms with van der Waals surface area (Å²) in [5.41, 5.74) is 3.22. The maximum atomic E-state index is 11.9. The van der Waals surface area contributed by atoms with Crippen molar-refractivity contribution in [2.24, 2.45) is 0 Å². The molecule has 0 N–H and O–H groups in total. The Morgan fingerprint density at radius 3 is 2.62 bits per heavy atom. The molecule has 0 bridgehead atoms. The number of aromatic nitrogens is 2. The largest absolute Gasteiger partial charge is 0.465 e. The van der Waals surface area contributed by atoms with Crippen LogP contribution in [-0.2, 0) is 16.1 Å². The summed E-state index contributed by atoms with van der Waals surface area (Å²) >= 11 is 7.50. The maximum Gasteiger partial charge on any atom is 0.319 e. The Labute approximate surface area is 161 Å². The molecule has 1 aliphatic heterocycles. The van der Waals surface area contributed by atoms with Crippen LogP contribution in [0.2, 0.25) is 5.02 Å². The van der Waals surface area contributed by atoms with Crippen molar-refractivity contribution in [1.82, 2.24) is 9.55 Å². The minimum absolute atomic E-state index is 0.155. The zero-order valence-corrected chi connectivity index (χ0v) is 15.5. The highest BCUT2D eigenvalue weighted by atomic mass is 35.5. The van der Waals surface area contributed by atoms with Crippen LogP contribution >= 0.6 is 23.4 Å². The molecule has 0 saturated carbocycles. The van der Waals surface area contributed by atoms with Gasteiger partial charge in [-0.25, -0.2) is 4.98 Å². The van der Waals surface area contributed by atoms with E-state index in [1.807, 2.05) is 48.7 Å². The van der Waals surface area contributed by atoms with E-state index >= 15 is 0 Å². The summed E-state index contributed by atoms with van der Waals surface area (Å²) in [7, 11) is 0. The van der Waals surface area contributed by atoms with Crippen molar-refractivity contribution >= 4 is 29.3 Å². The van der Waals surface area contributed by atoms with Crippen LogP contribution in [0.15, 0.2) is 66.0 Å². The lowest BCUT2D eigenvalue weighted by Gasteiger charge is -2.13. The summed E-state index contributed by atoms with van der Waals surface area (Å²) in [6.45, 7) is 1.17. The average Bonchev–Trinajstić information content (AvgIpc) is 3.24. The van der Waals surface area contributed by atoms with Crippen molar-refractivity contribution < 1.29 is 9.53 Å². The Morgan fingerprint density at radius 2 is 1.92 bits per heavy atom. The minimum Gasteiger partial charge on any atom is -0.465 e. The molecule has 1 fully saturated rings. The Hall–Kier alpha value is -2.24. The fraction of sp³-hybridized carbons (Fsp3) is 0.200. The zero-order valence-electron chi connectivity index (χ0n) is 14.0. The number of benzene rings is 2. The molecule has 0 aliphatic carbocycles. The van der Waals surface area contributed by atoms with Gasteiger partial charge in [0.05, 0.1) is 25.0 Å². The van der Waals surface area contributed by atoms with E-state index in [9.17, 15) is 4.79 Å². The van der Waals surface area contributed by atoms with Crippen LogP contribution in [0, 0.1) is 0 Å². The van der Waals surface area contributed by atoms with E-state index < -0.39 is 0 Å². The first kappa shape index (κ1) is 17.2. The summed E-state index contributed by atoms with van der Waals surface area (Å²) in [5, 5.41) is 1.33. The molecule has 4 rings (SSSR count). The van der Waals surface area contributed by atoms with E-state index in [-0.39, 0.29) is 11.2 Å². The second-order valence-corrected chi connectivity index (χ2v) is 7.67. The Kier molecular flexibility index (Phi) is 5.00. The van der Waals surface area contributed by atoms with Gasteiger partial charge < -0.3 is 9.30 Å². The van der Waals surface area contributed by atoms with Gasteiger partial charge >= 0.3 is 5.97 Å². The van der Waals surface area contributed by atoms with E-state index in [1.165, 1.54) is 17.3 Å². The summed E-state index contributed by atoms with van der Waals surface area (Å²) < 4.78 is 7.24. The number of halogens is 1. The maximum absolute atomic E-state index is 11.9. The number of carbonyl (C=O) groups is 1. The van der Waals surface area contributed by atoms with Crippen LogP contribution < -0.4 is 0 Å². The molecule has 2 heterocycles. The van der Waals surface area contributed by atoms with Gasteiger partial charge in [0.25, 0.3) is 0 Å². The highest BCUT2D eigenvalue weighted by molar-refractivity contribution is 8.00. The molecular formula is C20H17ClN2O2S. The molecule has 3 aromatic rings. The number of imidazole rings is 1. The van der Waals surface area contributed by atoms with E-state index in [4.69, 9.17) is 16.3 Å². The van der Waals surface area contributed by atoms with Crippen molar-refractivity contribution in [2.45, 2.75) is 23.4 Å². The Bertz CT molecular complexity index is 909. The highest BCUT2D eigenvalue weighted by Gasteiger charge is 2.29. The molecule has 1 unspecified atom stereocenters. The molecule has 0 amide bonds. The molecule has 1 saturated heterocycles. The third-order valence-electron chi connectivity index (χ3n) is 4.28. The third kappa shape index (κ3) is 3.64. The number of nitrogens with zero attached hydrogens (tertiary/aromatic N) is 2. The minimum atomic E-state index is -0.190. The van der Waals surface area contributed by atoms with Gasteiger partial charge in [-0.3, -0.25) is 4.79 Å². The Morgan fingerprint density at radius 1 is 1.15 bits per heavy atom. The van der Waals surface area contributed by atoms with Crippen LogP contribution in [0.1, 0.15) is 12.0 Å². The molecule has 2 aromatic carbocycles. The van der Waals surface area contributed by atoms with Gasteiger partial charge in [-0.05, 0) is 23.3 Å². The zero-order chi connectivity index (χ0) is 17.9. The predicted molar refractivity (Wildman–Crippen MR) is 103 cm³/mol. The van der Waals surface area contributed by atoms with Gasteiger partial charge in [0.15, 0.2) is 5.16 Å². The lowest BCUT2D eigenvalue weighted by Crippen LogP contribution is -2.12. The van der Waals surface area contributed by atoms with Crippen LogP contribution in [0.3, 0.4) is 0 Å². The first-order valence-electron chi connectivity index (χ1n) is 8.39. The quantitative estimate of drug-likeness (QED) is 0.600. The average molecular weight is 385 g/mol. The lowest BCUT2D eigenvalue weighted by molar-refractivity contribution is -0.137. The van der Waals surface area contributed by atoms with Crippen LogP contribution in [0.4, 0.5) is 0 Å². The fourth-order valence-corrected chi connectivity index (χ4v) is 4.10. The van der Waals surface area contributed by atoms with Crippen molar-refractivity contribution in [1.29, 1.82) is 0 Å². The molecule has 6 heteroatoms. The van der Waals surface area contributed by atoms with Crippen LogP contribution in [0.25, 0.3) is 11.3 Å². The number of cyclic esters (lactones) is 1. The van der Waals surface area contributed by atoms with Crippen molar-refractivity contribution in [3.63, 3.8) is 0 Å². The summed E-state index contributed by atoms with van der Waals surface area (Å²) in [6.07, 6.45) is 2.58. The molecule has 0 spiro atoms. The van der Waals surface area contributed by atoms with E-state index in [2.05, 4.69) is 21.7 Å². The number of hydrogen-bond acceptors (Lipinski definition) is 4. The number of thioether (sulfide) groups is 1. The van der Waals surface area contributed by atoms with Crippen molar-refractivity contribution in [2.75, 3.05) is 6.61 Å². The number of carbonyl (C=O) groups excluding carboxylic acids is 1. The highest BCUT2D eigenvalue weighted by Crippen LogP contribution is 2.33. The number of ether oxygens (including phenoxy) is 1. The van der Waals surface area contributed by atoms with Crippen molar-refractivity contribution in [3.05, 3.63) is 71.4 Å². The second-order valence-electron chi connectivity index (χ2n) is 6.07. The van der Waals surface area contributed by atoms with Crippen LogP contribution in [-0.4, -0.2) is 27.4 Å². The summed E-state index contributed by atoms with van der Waals surface area (Å²) in [4.78, 5) is 16.5. The molecule has 26 heavy (non-hydrogen) atoms. The smallest absolute Gasteiger partial charge is 0.319 e. The van der Waals surface area contributed by atoms with Gasteiger partial charge in [0.1, 0.15) is 5.25 Å². The molecular weight excluding hydrogens is 368 g/mol. The monoisotopic (exact) mass is 384 g/mol. The first-order chi connectivity index (χ1) is 12.7. The van der Waals surface area contributed by atoms with Gasteiger partial charge in [-0.1, -0.05) is 65.8 Å². The van der Waals surface area contributed by atoms with E-state index in [0.29, 0.717) is 18.2 Å². The molecule has 0 radical (unpaired) electrons. The Balaban J connectivity index is 1.71. The number of rotatable bonds is 5. The number of hydrogen-bond donors (Lipinski definition) is 0. The van der Waals surface area contributed by atoms with Crippen LogP contribution in [0.5, 0.6) is 0 Å². The fourth-order valence-electron chi connectivity index (χ4n) is 2.93. The standard InChI is InChI=1S/C20H17ClN2O2S/c21-16-8-6-15(7-9-16)17-12-22-20(26-18-10-11-25-19(18)24)23(17)13-14-4-2-1-3-5-14/h1-9,12,18H,10-11,13H2. The molecule has 4 nitrogen and oxygen atoms in total. The second kappa shape index (κ2) is 7.56. The molecule has 1 aromatic heterocycles. The molecule has 1 atom stereocenters. The molecule has 1 aliphatic rings.